The van der Waals surface area contributed by atoms with Crippen molar-refractivity contribution in [3.8, 4) is 11.5 Å². The highest BCUT2D eigenvalue weighted by Crippen LogP contribution is 2.28. The number of amides is 3. The Kier molecular flexibility index (Phi) is 10.0. The summed E-state index contributed by atoms with van der Waals surface area (Å²) in [7, 11) is 0. The summed E-state index contributed by atoms with van der Waals surface area (Å²) in [5, 5.41) is 5.59. The van der Waals surface area contributed by atoms with E-state index in [4.69, 9.17) is 16.2 Å². The first-order valence-electron chi connectivity index (χ1n) is 11.3. The summed E-state index contributed by atoms with van der Waals surface area (Å²) in [5.41, 5.74) is 19.6. The normalized spacial score (nSPS) is 18.9. The van der Waals surface area contributed by atoms with Crippen molar-refractivity contribution in [3.05, 3.63) is 58.7 Å². The molecule has 0 saturated carbocycles. The van der Waals surface area contributed by atoms with Crippen LogP contribution in [0.15, 0.2) is 36.4 Å². The zero-order chi connectivity index (χ0) is 25.3. The van der Waals surface area contributed by atoms with Crippen LogP contribution in [0, 0.1) is 13.8 Å². The Morgan fingerprint density at radius 3 is 2.35 bits per heavy atom. The first-order valence-corrected chi connectivity index (χ1v) is 11.3. The Balaban J connectivity index is 0.000000739. The quantitative estimate of drug-likeness (QED) is 0.418. The Hall–Kier alpha value is -3.43. The molecule has 0 fully saturated rings. The maximum absolute atomic E-state index is 12.5. The van der Waals surface area contributed by atoms with Crippen LogP contribution in [-0.4, -0.2) is 42.9 Å². The predicted molar refractivity (Wildman–Crippen MR) is 131 cm³/mol. The topological polar surface area (TPSA) is 163 Å². The van der Waals surface area contributed by atoms with Gasteiger partial charge in [-0.1, -0.05) is 12.1 Å². The standard InChI is InChI=1S/C23H29N3O3.C2H6N2O/c1-14-10-19-11-15(2)20(14)13-21(24)23(28)26-16(3)22(27)25-9-5-7-17-6-4-8-18(12-17)29-19;3-1-2(4)5/h4,6,8,10-12,16,21H,5,7,9,13,24H2,1-3H3,(H,25,27)(H,26,28);1,3H2,(H2,4,5)/t16-,21+;/m1./s1. The minimum absolute atomic E-state index is 0.0556. The second kappa shape index (κ2) is 12.7. The van der Waals surface area contributed by atoms with Crippen LogP contribution in [0.25, 0.3) is 0 Å². The number of carbonyl (C=O) groups is 3. The number of fused-ring (bicyclic) bond motifs is 11. The number of primary amides is 1. The molecular formula is C25H35N5O4. The highest BCUT2D eigenvalue weighted by Gasteiger charge is 2.21. The molecule has 9 nitrogen and oxygen atoms in total. The van der Waals surface area contributed by atoms with E-state index in [0.717, 1.165) is 46.6 Å². The molecule has 2 aliphatic heterocycles. The first-order chi connectivity index (χ1) is 16.1. The van der Waals surface area contributed by atoms with Crippen LogP contribution >= 0.6 is 0 Å². The molecule has 3 amide bonds. The van der Waals surface area contributed by atoms with Crippen LogP contribution in [0.1, 0.15) is 35.6 Å². The minimum atomic E-state index is -0.731. The average Bonchev–Trinajstić information content (AvgIpc) is 2.78. The fourth-order valence-electron chi connectivity index (χ4n) is 3.59. The van der Waals surface area contributed by atoms with Crippen molar-refractivity contribution in [2.75, 3.05) is 13.1 Å². The Morgan fingerprint density at radius 2 is 1.74 bits per heavy atom. The smallest absolute Gasteiger partial charge is 0.242 e. The number of nitrogens with one attached hydrogen (secondary N) is 2. The number of aryl methyl sites for hydroxylation is 3. The molecule has 2 aromatic rings. The van der Waals surface area contributed by atoms with Gasteiger partial charge >= 0.3 is 0 Å². The van der Waals surface area contributed by atoms with E-state index < -0.39 is 18.0 Å². The van der Waals surface area contributed by atoms with Crippen LogP contribution in [0.5, 0.6) is 11.5 Å². The number of benzene rings is 2. The monoisotopic (exact) mass is 469 g/mol. The first kappa shape index (κ1) is 26.8. The number of ether oxygens (including phenoxy) is 1. The highest BCUT2D eigenvalue weighted by atomic mass is 16.5. The van der Waals surface area contributed by atoms with Crippen LogP contribution < -0.4 is 32.6 Å². The Labute approximate surface area is 200 Å². The molecule has 184 valence electrons. The molecule has 0 aliphatic carbocycles. The second-order valence-electron chi connectivity index (χ2n) is 8.39. The lowest BCUT2D eigenvalue weighted by Gasteiger charge is -2.20. The number of rotatable bonds is 1. The maximum Gasteiger partial charge on any atom is 0.242 e. The van der Waals surface area contributed by atoms with E-state index in [1.54, 1.807) is 6.92 Å². The van der Waals surface area contributed by atoms with Crippen LogP contribution in [0.4, 0.5) is 0 Å². The Morgan fingerprint density at radius 1 is 1.09 bits per heavy atom. The van der Waals surface area contributed by atoms with E-state index in [1.165, 1.54) is 0 Å². The molecule has 2 heterocycles. The van der Waals surface area contributed by atoms with E-state index in [0.29, 0.717) is 13.0 Å². The molecule has 0 aromatic heterocycles. The zero-order valence-corrected chi connectivity index (χ0v) is 20.0. The molecule has 0 unspecified atom stereocenters. The van der Waals surface area contributed by atoms with Crippen molar-refractivity contribution in [1.82, 2.24) is 10.6 Å². The van der Waals surface area contributed by atoms with Gasteiger partial charge in [-0.3, -0.25) is 14.4 Å². The third kappa shape index (κ3) is 8.17. The summed E-state index contributed by atoms with van der Waals surface area (Å²) in [6.45, 7) is 6.13. The molecule has 4 bridgehead atoms. The molecule has 4 rings (SSSR count). The highest BCUT2D eigenvalue weighted by molar-refractivity contribution is 5.89. The van der Waals surface area contributed by atoms with Gasteiger partial charge in [0.1, 0.15) is 17.5 Å². The number of hydrogen-bond donors (Lipinski definition) is 5. The van der Waals surface area contributed by atoms with Crippen molar-refractivity contribution >= 4 is 17.7 Å². The fraction of sp³-hybridized carbons (Fsp3) is 0.400. The second-order valence-corrected chi connectivity index (χ2v) is 8.39. The third-order valence-electron chi connectivity index (χ3n) is 5.46. The number of nitrogens with two attached hydrogens (primary N) is 3. The molecular weight excluding hydrogens is 434 g/mol. The SMILES string of the molecule is Cc1cc2cc(C)c1C[C@H](N)C(=O)N[C@H](C)C(=O)NCCCc1cccc(c1)O2.NCC(N)=O. The summed E-state index contributed by atoms with van der Waals surface area (Å²) in [6, 6.07) is 10.6. The minimum Gasteiger partial charge on any atom is -0.457 e. The van der Waals surface area contributed by atoms with E-state index in [1.807, 2.05) is 44.2 Å². The summed E-state index contributed by atoms with van der Waals surface area (Å²) in [5.74, 6) is 0.540. The van der Waals surface area contributed by atoms with Gasteiger partial charge in [-0.25, -0.2) is 0 Å². The molecule has 2 aliphatic rings. The van der Waals surface area contributed by atoms with Gasteiger partial charge in [-0.15, -0.1) is 0 Å². The fourth-order valence-corrected chi connectivity index (χ4v) is 3.59. The molecule has 0 saturated heterocycles. The van der Waals surface area contributed by atoms with Crippen molar-refractivity contribution in [2.45, 2.75) is 52.1 Å². The lowest BCUT2D eigenvalue weighted by Crippen LogP contribution is -2.51. The predicted octanol–water partition coefficient (Wildman–Crippen LogP) is 0.963. The van der Waals surface area contributed by atoms with Gasteiger partial charge in [-0.05, 0) is 86.6 Å². The van der Waals surface area contributed by atoms with E-state index in [2.05, 4.69) is 22.4 Å². The molecule has 0 radical (unpaired) electrons. The van der Waals surface area contributed by atoms with E-state index in [9.17, 15) is 14.4 Å². The molecule has 2 atom stereocenters. The molecule has 34 heavy (non-hydrogen) atoms. The lowest BCUT2D eigenvalue weighted by atomic mass is 9.95. The maximum atomic E-state index is 12.5. The van der Waals surface area contributed by atoms with Crippen LogP contribution in [0.2, 0.25) is 0 Å². The Bertz CT molecular complexity index is 1000. The lowest BCUT2D eigenvalue weighted by molar-refractivity contribution is -0.129. The van der Waals surface area contributed by atoms with Crippen molar-refractivity contribution in [3.63, 3.8) is 0 Å². The molecule has 2 aromatic carbocycles. The number of hydrogen-bond acceptors (Lipinski definition) is 6. The number of carbonyl (C=O) groups excluding carboxylic acids is 3. The van der Waals surface area contributed by atoms with Crippen molar-refractivity contribution in [1.29, 1.82) is 0 Å². The molecule has 8 N–H and O–H groups in total. The van der Waals surface area contributed by atoms with Gasteiger partial charge in [-0.2, -0.15) is 0 Å². The third-order valence-corrected chi connectivity index (χ3v) is 5.46. The van der Waals surface area contributed by atoms with Gasteiger partial charge in [0.25, 0.3) is 0 Å². The van der Waals surface area contributed by atoms with Gasteiger partial charge in [0.05, 0.1) is 12.6 Å². The summed E-state index contributed by atoms with van der Waals surface area (Å²) < 4.78 is 6.08. The van der Waals surface area contributed by atoms with E-state index in [-0.39, 0.29) is 18.4 Å². The van der Waals surface area contributed by atoms with Crippen LogP contribution in [0.3, 0.4) is 0 Å². The average molecular weight is 470 g/mol. The molecule has 9 heteroatoms. The van der Waals surface area contributed by atoms with Gasteiger partial charge < -0.3 is 32.6 Å². The molecule has 0 spiro atoms. The largest absolute Gasteiger partial charge is 0.457 e. The van der Waals surface area contributed by atoms with Gasteiger partial charge in [0.2, 0.25) is 17.7 Å². The zero-order valence-electron chi connectivity index (χ0n) is 20.0. The summed E-state index contributed by atoms with van der Waals surface area (Å²) in [4.78, 5) is 34.2. The van der Waals surface area contributed by atoms with Crippen LogP contribution in [-0.2, 0) is 27.2 Å². The van der Waals surface area contributed by atoms with Crippen molar-refractivity contribution < 1.29 is 19.1 Å². The summed E-state index contributed by atoms with van der Waals surface area (Å²) in [6.07, 6.45) is 2.01. The van der Waals surface area contributed by atoms with Gasteiger partial charge in [0.15, 0.2) is 0 Å². The summed E-state index contributed by atoms with van der Waals surface area (Å²) >= 11 is 0. The van der Waals surface area contributed by atoms with E-state index >= 15 is 0 Å². The van der Waals surface area contributed by atoms with Crippen molar-refractivity contribution in [2.24, 2.45) is 17.2 Å². The van der Waals surface area contributed by atoms with Gasteiger partial charge in [0, 0.05) is 6.54 Å².